The number of carbonyl (C=O) groups is 12. The average Bonchev–Trinajstić information content (AvgIpc) is 3.28. The summed E-state index contributed by atoms with van der Waals surface area (Å²) < 4.78 is 5.23. The number of nitrogens with two attached hydrogens (primary N) is 3. The standard InChI is InChI=1S/C58H87N15O16/c1-32-13-8-7-11-23-63-29-37(32)27-41(50(60)81)70-52(83)39(16-12-24-64-58(61)62-4)68-56(87)45(31-89-5)67-47(78)30-65-51(82)42(25-35-14-9-6-10-15-35)72-57(88)49(33(2)74)73-55(86)44(28-46(59)77)71-53(84)40(21-22-48(79)80)69-54(85)43(66-34(3)75)26-36-17-19-38(76)20-18-36/h7-8,11,13,17-20,29,33,35,39-45,49,63,74,76H,1,6,9-10,12,14-16,21-28,30-31H2,2-5H3,(H2,59,77)(H2,60,81)(H,65,82)(H,66,75)(H,67,78)(H,68,87)(H,69,85)(H,70,83)(H,71,84)(H,72,88)(H,73,86)(H,79,80)(H3,61,62,64)/b11-7-,13-8-,37-29?/t33-,39+,40+,41+,42+,43-,44+,45+,49+/m1/s1. The molecule has 1 aliphatic heterocycles. The molecule has 89 heavy (non-hydrogen) atoms. The van der Waals surface area contributed by atoms with Crippen molar-refractivity contribution < 1.29 is 77.6 Å². The number of aliphatic hydroxyl groups is 1. The molecule has 0 bridgehead atoms. The molecule has 31 nitrogen and oxygen atoms in total. The summed E-state index contributed by atoms with van der Waals surface area (Å²) in [6, 6.07) is -6.66. The van der Waals surface area contributed by atoms with Gasteiger partial charge in [0.1, 0.15) is 54.1 Å². The molecule has 1 aromatic rings. The molecule has 0 unspecified atom stereocenters. The van der Waals surface area contributed by atoms with Crippen molar-refractivity contribution in [3.05, 3.63) is 78.1 Å². The summed E-state index contributed by atoms with van der Waals surface area (Å²) in [4.78, 5) is 164. The van der Waals surface area contributed by atoms with E-state index in [4.69, 9.17) is 21.9 Å². The summed E-state index contributed by atoms with van der Waals surface area (Å²) in [6.07, 6.45) is 8.82. The number of methoxy groups -OCH3 is 1. The van der Waals surface area contributed by atoms with E-state index in [0.29, 0.717) is 36.1 Å². The van der Waals surface area contributed by atoms with Gasteiger partial charge in [-0.05, 0) is 67.4 Å². The molecule has 2 aliphatic rings. The van der Waals surface area contributed by atoms with Crippen LogP contribution in [0.15, 0.2) is 77.5 Å². The van der Waals surface area contributed by atoms with Gasteiger partial charge in [-0.25, -0.2) is 0 Å². The Morgan fingerprint density at radius 3 is 1.90 bits per heavy atom. The Labute approximate surface area is 515 Å². The molecule has 3 rings (SSSR count). The molecule has 20 N–H and O–H groups in total. The number of ether oxygens (including phenoxy) is 1. The second kappa shape index (κ2) is 38.7. The highest BCUT2D eigenvalue weighted by Gasteiger charge is 2.37. The number of amides is 11. The zero-order chi connectivity index (χ0) is 66.2. The van der Waals surface area contributed by atoms with E-state index in [1.165, 1.54) is 38.4 Å². The Morgan fingerprint density at radius 1 is 0.708 bits per heavy atom. The molecule has 0 saturated heterocycles. The molecular formula is C58H87N15O16. The molecule has 0 spiro atoms. The zero-order valence-electron chi connectivity index (χ0n) is 50.5. The number of carbonyl (C=O) groups excluding carboxylic acids is 11. The molecule has 490 valence electrons. The maximum absolute atomic E-state index is 14.1. The van der Waals surface area contributed by atoms with Crippen LogP contribution < -0.4 is 75.7 Å². The molecule has 1 fully saturated rings. The quantitative estimate of drug-likeness (QED) is 0.0173. The first-order chi connectivity index (χ1) is 42.2. The van der Waals surface area contributed by atoms with E-state index in [9.17, 15) is 72.9 Å². The zero-order valence-corrected chi connectivity index (χ0v) is 50.5. The molecule has 1 heterocycles. The Kier molecular flexibility index (Phi) is 32.1. The van der Waals surface area contributed by atoms with Gasteiger partial charge in [-0.3, -0.25) is 62.5 Å². The Hall–Kier alpha value is -9.39. The number of nitrogens with zero attached hydrogens (tertiary/aromatic N) is 1. The normalized spacial score (nSPS) is 17.2. The van der Waals surface area contributed by atoms with E-state index in [1.807, 2.05) is 6.08 Å². The maximum atomic E-state index is 14.1. The van der Waals surface area contributed by atoms with Crippen molar-refractivity contribution in [3.8, 4) is 5.75 Å². The number of aliphatic imine (C=N–C) groups is 1. The second-order valence-corrected chi connectivity index (χ2v) is 21.5. The minimum Gasteiger partial charge on any atom is -0.508 e. The van der Waals surface area contributed by atoms with Crippen LogP contribution in [-0.2, 0) is 68.7 Å². The SMILES string of the molecule is C=C1/C=C\C=C/CNC=C1C[C@H](NC(=O)[C@H](CCCNC(N)=NC)NC(=O)[C@H](COC)NC(=O)CNC(=O)[C@H](CC1CCCCC1)NC(=O)[C@@H](NC(=O)[C@H](CC(N)=O)NC(=O)[C@H](CCC(=O)O)NC(=O)[C@@H](Cc1ccc(O)cc1)NC(C)=O)[C@@H](C)O)C(N)=O. The van der Waals surface area contributed by atoms with Gasteiger partial charge < -0.3 is 95.7 Å². The van der Waals surface area contributed by atoms with Crippen LogP contribution in [0.1, 0.15) is 96.5 Å². The third-order valence-electron chi connectivity index (χ3n) is 14.2. The second-order valence-electron chi connectivity index (χ2n) is 21.5. The molecule has 9 atom stereocenters. The van der Waals surface area contributed by atoms with Gasteiger partial charge in [0.2, 0.25) is 65.0 Å². The third-order valence-corrected chi connectivity index (χ3v) is 14.2. The number of carboxylic acids is 1. The van der Waals surface area contributed by atoms with Gasteiger partial charge in [-0.15, -0.1) is 0 Å². The van der Waals surface area contributed by atoms with E-state index in [1.54, 1.807) is 24.4 Å². The number of guanidine groups is 1. The lowest BCUT2D eigenvalue weighted by Gasteiger charge is -2.29. The van der Waals surface area contributed by atoms with Gasteiger partial charge in [0.15, 0.2) is 5.96 Å². The van der Waals surface area contributed by atoms with Crippen LogP contribution in [0.3, 0.4) is 0 Å². The Bertz CT molecular complexity index is 2780. The minimum absolute atomic E-state index is 0.0214. The average molecular weight is 1250 g/mol. The molecular weight excluding hydrogens is 1160 g/mol. The number of allylic oxidation sites excluding steroid dienone is 4. The van der Waals surface area contributed by atoms with Gasteiger partial charge in [0.25, 0.3) is 0 Å². The molecule has 1 saturated carbocycles. The van der Waals surface area contributed by atoms with Crippen LogP contribution >= 0.6 is 0 Å². The number of aliphatic hydroxyl groups excluding tert-OH is 1. The van der Waals surface area contributed by atoms with Gasteiger partial charge >= 0.3 is 5.97 Å². The van der Waals surface area contributed by atoms with E-state index < -0.39 is 158 Å². The van der Waals surface area contributed by atoms with Crippen LogP contribution in [0.5, 0.6) is 5.75 Å². The first-order valence-corrected chi connectivity index (χ1v) is 29.0. The summed E-state index contributed by atoms with van der Waals surface area (Å²) in [5.41, 5.74) is 18.6. The molecule has 1 aromatic carbocycles. The van der Waals surface area contributed by atoms with Crippen LogP contribution in [0.25, 0.3) is 0 Å². The number of rotatable bonds is 36. The molecule has 1 aliphatic carbocycles. The number of aromatic hydroxyl groups is 1. The monoisotopic (exact) mass is 1250 g/mol. The highest BCUT2D eigenvalue weighted by molar-refractivity contribution is 5.99. The summed E-state index contributed by atoms with van der Waals surface area (Å²) in [5.74, 6) is -12.1. The van der Waals surface area contributed by atoms with Crippen LogP contribution in [0, 0.1) is 5.92 Å². The largest absolute Gasteiger partial charge is 0.508 e. The van der Waals surface area contributed by atoms with Crippen molar-refractivity contribution in [2.24, 2.45) is 28.1 Å². The van der Waals surface area contributed by atoms with E-state index in [0.717, 1.165) is 33.1 Å². The van der Waals surface area contributed by atoms with Crippen LogP contribution in [-0.4, -0.2) is 187 Å². The number of primary amides is 2. The summed E-state index contributed by atoms with van der Waals surface area (Å²) >= 11 is 0. The first-order valence-electron chi connectivity index (χ1n) is 29.0. The lowest BCUT2D eigenvalue weighted by Crippen LogP contribution is -2.62. The minimum atomic E-state index is -1.91. The van der Waals surface area contributed by atoms with Gasteiger partial charge in [-0.2, -0.15) is 0 Å². The topological polar surface area (TPSA) is 498 Å². The maximum Gasteiger partial charge on any atom is 0.303 e. The number of hydrogen-bond donors (Lipinski definition) is 17. The summed E-state index contributed by atoms with van der Waals surface area (Å²) in [6.45, 7) is 5.77. The number of hydrogen-bond acceptors (Lipinski definition) is 17. The Morgan fingerprint density at radius 2 is 1.30 bits per heavy atom. The number of phenolic OH excluding ortho intramolecular Hbond substituents is 1. The molecule has 0 aromatic heterocycles. The van der Waals surface area contributed by atoms with Crippen molar-refractivity contribution in [1.82, 2.24) is 58.5 Å². The van der Waals surface area contributed by atoms with Crippen molar-refractivity contribution in [2.75, 3.05) is 40.4 Å². The predicted octanol–water partition coefficient (Wildman–Crippen LogP) is -3.97. The molecule has 31 heteroatoms. The number of carboxylic acid groups (broad SMARTS) is 1. The van der Waals surface area contributed by atoms with Crippen molar-refractivity contribution in [2.45, 2.75) is 152 Å². The van der Waals surface area contributed by atoms with Crippen LogP contribution in [0.2, 0.25) is 0 Å². The fourth-order valence-electron chi connectivity index (χ4n) is 9.42. The smallest absolute Gasteiger partial charge is 0.303 e. The molecule has 11 amide bonds. The fraction of sp³-hybridized carbons (Fsp3) is 0.534. The van der Waals surface area contributed by atoms with Crippen molar-refractivity contribution in [3.63, 3.8) is 0 Å². The number of aliphatic carboxylic acids is 1. The number of phenols is 1. The highest BCUT2D eigenvalue weighted by Crippen LogP contribution is 2.27. The molecule has 0 radical (unpaired) electrons. The van der Waals surface area contributed by atoms with E-state index in [2.05, 4.69) is 70.1 Å². The lowest BCUT2D eigenvalue weighted by atomic mass is 9.84. The highest BCUT2D eigenvalue weighted by atomic mass is 16.5. The van der Waals surface area contributed by atoms with Crippen molar-refractivity contribution in [1.29, 1.82) is 0 Å². The van der Waals surface area contributed by atoms with Crippen LogP contribution in [0.4, 0.5) is 0 Å². The fourth-order valence-corrected chi connectivity index (χ4v) is 9.42. The summed E-state index contributed by atoms with van der Waals surface area (Å²) in [7, 11) is 2.71. The lowest BCUT2D eigenvalue weighted by molar-refractivity contribution is -0.139. The summed E-state index contributed by atoms with van der Waals surface area (Å²) in [5, 5.41) is 58.0. The predicted molar refractivity (Wildman–Crippen MR) is 323 cm³/mol. The van der Waals surface area contributed by atoms with Gasteiger partial charge in [0.05, 0.1) is 25.7 Å². The van der Waals surface area contributed by atoms with Crippen molar-refractivity contribution >= 4 is 76.9 Å². The van der Waals surface area contributed by atoms with Gasteiger partial charge in [-0.1, -0.05) is 75.1 Å². The van der Waals surface area contributed by atoms with E-state index >= 15 is 0 Å². The van der Waals surface area contributed by atoms with E-state index in [-0.39, 0.29) is 56.3 Å². The number of benzene rings is 1. The first kappa shape index (κ1) is 73.9. The third kappa shape index (κ3) is 27.9. The Balaban J connectivity index is 1.81. The van der Waals surface area contributed by atoms with Gasteiger partial charge in [0, 0.05) is 59.6 Å². The number of nitrogens with one attached hydrogen (secondary N) is 11.